The predicted molar refractivity (Wildman–Crippen MR) is 50.9 cm³/mol. The Hall–Kier alpha value is -0.870. The smallest absolute Gasteiger partial charge is 0.336 e. The van der Waals surface area contributed by atoms with Gasteiger partial charge in [0.2, 0.25) is 0 Å². The minimum Gasteiger partial charge on any atom is -0.478 e. The molecule has 1 heterocycles. The zero-order chi connectivity index (χ0) is 9.42. The quantitative estimate of drug-likeness (QED) is 0.777. The van der Waals surface area contributed by atoms with E-state index in [0.717, 1.165) is 18.4 Å². The SMILES string of the molecule is N[C@H](c1cscc1C(=O)O)C1CC1. The van der Waals surface area contributed by atoms with Crippen molar-refractivity contribution in [2.45, 2.75) is 18.9 Å². The summed E-state index contributed by atoms with van der Waals surface area (Å²) in [5, 5.41) is 12.4. The van der Waals surface area contributed by atoms with Gasteiger partial charge < -0.3 is 10.8 Å². The van der Waals surface area contributed by atoms with Crippen molar-refractivity contribution in [2.75, 3.05) is 0 Å². The van der Waals surface area contributed by atoms with Crippen LogP contribution in [-0.2, 0) is 0 Å². The molecule has 0 unspecified atom stereocenters. The van der Waals surface area contributed by atoms with Crippen LogP contribution in [0.3, 0.4) is 0 Å². The van der Waals surface area contributed by atoms with E-state index in [0.29, 0.717) is 11.5 Å². The molecule has 0 bridgehead atoms. The highest BCUT2D eigenvalue weighted by Gasteiger charge is 2.32. The van der Waals surface area contributed by atoms with Crippen molar-refractivity contribution >= 4 is 17.3 Å². The molecule has 2 rings (SSSR count). The monoisotopic (exact) mass is 197 g/mol. The van der Waals surface area contributed by atoms with Gasteiger partial charge >= 0.3 is 5.97 Å². The molecule has 70 valence electrons. The standard InChI is InChI=1S/C9H11NO2S/c10-8(5-1-2-5)6-3-13-4-7(6)9(11)12/h3-5,8H,1-2,10H2,(H,11,12)/t8-/m0/s1. The maximum atomic E-state index is 10.8. The molecule has 0 radical (unpaired) electrons. The Kier molecular flexibility index (Phi) is 2.09. The van der Waals surface area contributed by atoms with Crippen LogP contribution in [0.5, 0.6) is 0 Å². The first-order valence-corrected chi connectivity index (χ1v) is 5.19. The largest absolute Gasteiger partial charge is 0.478 e. The van der Waals surface area contributed by atoms with E-state index in [1.54, 1.807) is 5.38 Å². The molecule has 13 heavy (non-hydrogen) atoms. The molecule has 0 spiro atoms. The molecule has 1 aliphatic rings. The summed E-state index contributed by atoms with van der Waals surface area (Å²) in [4.78, 5) is 10.8. The molecule has 0 aliphatic heterocycles. The molecule has 3 nitrogen and oxygen atoms in total. The molecule has 1 aromatic heterocycles. The van der Waals surface area contributed by atoms with Crippen molar-refractivity contribution in [2.24, 2.45) is 11.7 Å². The van der Waals surface area contributed by atoms with Crippen LogP contribution >= 0.6 is 11.3 Å². The fraction of sp³-hybridized carbons (Fsp3) is 0.444. The van der Waals surface area contributed by atoms with Gasteiger partial charge in [0.05, 0.1) is 5.56 Å². The highest BCUT2D eigenvalue weighted by Crippen LogP contribution is 2.41. The Morgan fingerprint density at radius 1 is 1.62 bits per heavy atom. The lowest BCUT2D eigenvalue weighted by Crippen LogP contribution is -2.14. The predicted octanol–water partition coefficient (Wildman–Crippen LogP) is 1.86. The number of hydrogen-bond acceptors (Lipinski definition) is 3. The van der Waals surface area contributed by atoms with Crippen LogP contribution in [0.15, 0.2) is 10.8 Å². The van der Waals surface area contributed by atoms with Crippen molar-refractivity contribution < 1.29 is 9.90 Å². The van der Waals surface area contributed by atoms with Crippen molar-refractivity contribution in [1.82, 2.24) is 0 Å². The Bertz CT molecular complexity index is 330. The number of nitrogens with two attached hydrogens (primary N) is 1. The molecule has 1 saturated carbocycles. The van der Waals surface area contributed by atoms with Crippen LogP contribution in [0.25, 0.3) is 0 Å². The molecule has 3 N–H and O–H groups in total. The Balaban J connectivity index is 2.27. The molecule has 4 heteroatoms. The lowest BCUT2D eigenvalue weighted by atomic mass is 10.0. The van der Waals surface area contributed by atoms with Gasteiger partial charge in [0.15, 0.2) is 0 Å². The van der Waals surface area contributed by atoms with Crippen molar-refractivity contribution in [3.05, 3.63) is 21.9 Å². The second kappa shape index (κ2) is 3.12. The van der Waals surface area contributed by atoms with Crippen LogP contribution < -0.4 is 5.73 Å². The number of hydrogen-bond donors (Lipinski definition) is 2. The molecule has 1 fully saturated rings. The summed E-state index contributed by atoms with van der Waals surface area (Å²) in [6, 6.07) is -0.0719. The molecule has 1 aliphatic carbocycles. The van der Waals surface area contributed by atoms with E-state index in [1.165, 1.54) is 11.3 Å². The Morgan fingerprint density at radius 2 is 2.31 bits per heavy atom. The molecular weight excluding hydrogens is 186 g/mol. The van der Waals surface area contributed by atoms with E-state index < -0.39 is 5.97 Å². The number of carbonyl (C=O) groups is 1. The van der Waals surface area contributed by atoms with Gasteiger partial charge in [-0.3, -0.25) is 0 Å². The van der Waals surface area contributed by atoms with Crippen LogP contribution in [-0.4, -0.2) is 11.1 Å². The second-order valence-corrected chi connectivity index (χ2v) is 4.15. The third-order valence-corrected chi connectivity index (χ3v) is 3.17. The molecule has 0 saturated heterocycles. The average Bonchev–Trinajstić information content (AvgIpc) is 2.80. The molecular formula is C9H11NO2S. The molecule has 0 amide bonds. The normalized spacial score (nSPS) is 18.5. The number of carboxylic acids is 1. The first kappa shape index (κ1) is 8.72. The van der Waals surface area contributed by atoms with E-state index in [2.05, 4.69) is 0 Å². The van der Waals surface area contributed by atoms with E-state index in [4.69, 9.17) is 10.8 Å². The van der Waals surface area contributed by atoms with Crippen LogP contribution in [0.1, 0.15) is 34.8 Å². The second-order valence-electron chi connectivity index (χ2n) is 3.41. The Labute approximate surface area is 80.2 Å². The zero-order valence-electron chi connectivity index (χ0n) is 7.06. The lowest BCUT2D eigenvalue weighted by molar-refractivity contribution is 0.0695. The van der Waals surface area contributed by atoms with Gasteiger partial charge in [-0.15, -0.1) is 0 Å². The number of aromatic carboxylic acids is 1. The summed E-state index contributed by atoms with van der Waals surface area (Å²) < 4.78 is 0. The number of carboxylic acid groups (broad SMARTS) is 1. The maximum Gasteiger partial charge on any atom is 0.336 e. The van der Waals surface area contributed by atoms with E-state index in [9.17, 15) is 4.79 Å². The fourth-order valence-corrected chi connectivity index (χ4v) is 2.32. The summed E-state index contributed by atoms with van der Waals surface area (Å²) in [6.45, 7) is 0. The highest BCUT2D eigenvalue weighted by atomic mass is 32.1. The lowest BCUT2D eigenvalue weighted by Gasteiger charge is -2.08. The van der Waals surface area contributed by atoms with Crippen molar-refractivity contribution in [3.63, 3.8) is 0 Å². The minimum absolute atomic E-state index is 0.0719. The highest BCUT2D eigenvalue weighted by molar-refractivity contribution is 7.08. The van der Waals surface area contributed by atoms with Crippen LogP contribution in [0, 0.1) is 5.92 Å². The Morgan fingerprint density at radius 3 is 2.85 bits per heavy atom. The van der Waals surface area contributed by atoms with Gasteiger partial charge in [-0.2, -0.15) is 11.3 Å². The summed E-state index contributed by atoms with van der Waals surface area (Å²) in [5.41, 5.74) is 7.11. The molecule has 1 aromatic rings. The van der Waals surface area contributed by atoms with Crippen molar-refractivity contribution in [1.29, 1.82) is 0 Å². The van der Waals surface area contributed by atoms with Gasteiger partial charge in [-0.1, -0.05) is 0 Å². The van der Waals surface area contributed by atoms with E-state index in [-0.39, 0.29) is 6.04 Å². The first-order valence-electron chi connectivity index (χ1n) is 4.25. The fourth-order valence-electron chi connectivity index (χ4n) is 1.45. The number of rotatable bonds is 3. The first-order chi connectivity index (χ1) is 6.20. The minimum atomic E-state index is -0.868. The van der Waals surface area contributed by atoms with Crippen LogP contribution in [0.4, 0.5) is 0 Å². The van der Waals surface area contributed by atoms with Crippen molar-refractivity contribution in [3.8, 4) is 0 Å². The van der Waals surface area contributed by atoms with Gasteiger partial charge in [0, 0.05) is 11.4 Å². The van der Waals surface area contributed by atoms with E-state index in [1.807, 2.05) is 5.38 Å². The molecule has 1 atom stereocenters. The van der Waals surface area contributed by atoms with Gasteiger partial charge in [-0.05, 0) is 29.7 Å². The van der Waals surface area contributed by atoms with Crippen LogP contribution in [0.2, 0.25) is 0 Å². The van der Waals surface area contributed by atoms with Gasteiger partial charge in [0.1, 0.15) is 0 Å². The average molecular weight is 197 g/mol. The maximum absolute atomic E-state index is 10.8. The van der Waals surface area contributed by atoms with E-state index >= 15 is 0 Å². The van der Waals surface area contributed by atoms with Gasteiger partial charge in [0.25, 0.3) is 0 Å². The van der Waals surface area contributed by atoms with Gasteiger partial charge in [-0.25, -0.2) is 4.79 Å². The summed E-state index contributed by atoms with van der Waals surface area (Å²) in [5.74, 6) is -0.361. The summed E-state index contributed by atoms with van der Waals surface area (Å²) in [6.07, 6.45) is 2.27. The number of thiophene rings is 1. The molecule has 0 aromatic carbocycles. The zero-order valence-corrected chi connectivity index (χ0v) is 7.88. The topological polar surface area (TPSA) is 63.3 Å². The third kappa shape index (κ3) is 1.59. The third-order valence-electron chi connectivity index (χ3n) is 2.41. The summed E-state index contributed by atoms with van der Waals surface area (Å²) >= 11 is 1.41. The summed E-state index contributed by atoms with van der Waals surface area (Å²) in [7, 11) is 0.